The fourth-order valence-corrected chi connectivity index (χ4v) is 2.19. The Morgan fingerprint density at radius 2 is 2.17 bits per heavy atom. The molecule has 132 valence electrons. The Morgan fingerprint density at radius 3 is 2.87 bits per heavy atom. The minimum absolute atomic E-state index is 0.588. The van der Waals surface area contributed by atoms with Crippen LogP contribution in [-0.2, 0) is 11.2 Å². The Morgan fingerprint density at radius 1 is 1.35 bits per heavy atom. The van der Waals surface area contributed by atoms with Gasteiger partial charge in [0.15, 0.2) is 5.96 Å². The van der Waals surface area contributed by atoms with Crippen molar-refractivity contribution in [2.45, 2.75) is 26.7 Å². The maximum absolute atomic E-state index is 5.58. The van der Waals surface area contributed by atoms with E-state index in [1.54, 1.807) is 6.26 Å². The highest BCUT2D eigenvalue weighted by Crippen LogP contribution is 1.99. The lowest BCUT2D eigenvalue weighted by molar-refractivity contribution is 0.109. The molecule has 0 aliphatic heterocycles. The van der Waals surface area contributed by atoms with Crippen LogP contribution in [-0.4, -0.2) is 50.8 Å². The van der Waals surface area contributed by atoms with Gasteiger partial charge in [0.05, 0.1) is 6.26 Å². The zero-order valence-corrected chi connectivity index (χ0v) is 15.5. The third kappa shape index (κ3) is 11.1. The average Bonchev–Trinajstić information content (AvgIpc) is 3.03. The van der Waals surface area contributed by atoms with Crippen molar-refractivity contribution in [3.63, 3.8) is 0 Å². The number of hydrogen-bond acceptors (Lipinski definition) is 4. The van der Waals surface area contributed by atoms with Crippen molar-refractivity contribution < 1.29 is 9.15 Å². The monoisotopic (exact) mass is 341 g/mol. The molecule has 0 saturated heterocycles. The summed E-state index contributed by atoms with van der Waals surface area (Å²) < 4.78 is 10.9. The van der Waals surface area contributed by atoms with Gasteiger partial charge in [0.1, 0.15) is 5.76 Å². The summed E-state index contributed by atoms with van der Waals surface area (Å²) in [5, 5.41) is 6.71. The number of guanidine groups is 1. The predicted molar refractivity (Wildman–Crippen MR) is 99.4 cm³/mol. The number of nitrogens with one attached hydrogen (secondary N) is 2. The van der Waals surface area contributed by atoms with Crippen molar-refractivity contribution in [2.24, 2.45) is 10.9 Å². The number of nitrogens with zero attached hydrogens (tertiary/aromatic N) is 1. The van der Waals surface area contributed by atoms with E-state index in [1.165, 1.54) is 0 Å². The summed E-state index contributed by atoms with van der Waals surface area (Å²) in [7, 11) is 0. The lowest BCUT2D eigenvalue weighted by Crippen LogP contribution is -2.39. The van der Waals surface area contributed by atoms with E-state index < -0.39 is 0 Å². The highest BCUT2D eigenvalue weighted by atomic mass is 32.2. The lowest BCUT2D eigenvalue weighted by Gasteiger charge is -2.12. The maximum Gasteiger partial charge on any atom is 0.191 e. The number of aliphatic imine (C=N–C) groups is 1. The topological polar surface area (TPSA) is 58.8 Å². The van der Waals surface area contributed by atoms with Crippen molar-refractivity contribution in [1.29, 1.82) is 0 Å². The molecule has 0 aromatic carbocycles. The molecule has 0 aliphatic rings. The van der Waals surface area contributed by atoms with E-state index in [0.717, 1.165) is 63.2 Å². The molecule has 5 nitrogen and oxygen atoms in total. The van der Waals surface area contributed by atoms with Crippen LogP contribution in [0.2, 0.25) is 0 Å². The van der Waals surface area contributed by atoms with Crippen LogP contribution in [0.3, 0.4) is 0 Å². The van der Waals surface area contributed by atoms with Crippen molar-refractivity contribution in [3.8, 4) is 0 Å². The number of furan rings is 1. The number of thioether (sulfide) groups is 1. The van der Waals surface area contributed by atoms with Crippen molar-refractivity contribution in [2.75, 3.05) is 44.9 Å². The van der Waals surface area contributed by atoms with Gasteiger partial charge in [-0.1, -0.05) is 13.8 Å². The number of ether oxygens (including phenoxy) is 1. The minimum atomic E-state index is 0.588. The molecule has 23 heavy (non-hydrogen) atoms. The largest absolute Gasteiger partial charge is 0.469 e. The molecule has 0 bridgehead atoms. The Bertz CT molecular complexity index is 408. The molecule has 1 aromatic heterocycles. The highest BCUT2D eigenvalue weighted by Gasteiger charge is 2.00. The standard InChI is InChI=1S/C17H31N3O2S/c1-15(2)14-21-11-5-8-18-17(20-10-13-23-3)19-9-7-16-6-4-12-22-16/h4,6,12,15H,5,7-11,13-14H2,1-3H3,(H2,18,19,20). The van der Waals surface area contributed by atoms with Gasteiger partial charge in [-0.3, -0.25) is 4.99 Å². The zero-order valence-electron chi connectivity index (χ0n) is 14.6. The third-order valence-corrected chi connectivity index (χ3v) is 3.62. The second kappa shape index (κ2) is 13.3. The second-order valence-electron chi connectivity index (χ2n) is 5.73. The van der Waals surface area contributed by atoms with E-state index in [4.69, 9.17) is 9.15 Å². The molecule has 6 heteroatoms. The molecule has 0 radical (unpaired) electrons. The number of hydrogen-bond donors (Lipinski definition) is 2. The summed E-state index contributed by atoms with van der Waals surface area (Å²) in [5.41, 5.74) is 0. The Kier molecular flexibility index (Phi) is 11.5. The van der Waals surface area contributed by atoms with E-state index in [-0.39, 0.29) is 0 Å². The SMILES string of the molecule is CSCCNC(=NCCCOCC(C)C)NCCc1ccco1. The van der Waals surface area contributed by atoms with Crippen LogP contribution in [0.5, 0.6) is 0 Å². The maximum atomic E-state index is 5.58. The first-order valence-electron chi connectivity index (χ1n) is 8.33. The molecule has 1 rings (SSSR count). The first-order valence-corrected chi connectivity index (χ1v) is 9.73. The van der Waals surface area contributed by atoms with Crippen LogP contribution in [0.4, 0.5) is 0 Å². The van der Waals surface area contributed by atoms with Gasteiger partial charge in [0.2, 0.25) is 0 Å². The first-order chi connectivity index (χ1) is 11.2. The van der Waals surface area contributed by atoms with E-state index in [9.17, 15) is 0 Å². The summed E-state index contributed by atoms with van der Waals surface area (Å²) in [6, 6.07) is 3.91. The highest BCUT2D eigenvalue weighted by molar-refractivity contribution is 7.98. The smallest absolute Gasteiger partial charge is 0.191 e. The van der Waals surface area contributed by atoms with Crippen LogP contribution in [0, 0.1) is 5.92 Å². The average molecular weight is 342 g/mol. The van der Waals surface area contributed by atoms with Crippen molar-refractivity contribution >= 4 is 17.7 Å². The van der Waals surface area contributed by atoms with E-state index >= 15 is 0 Å². The Labute approximate surface area is 144 Å². The van der Waals surface area contributed by atoms with E-state index in [0.29, 0.717) is 5.92 Å². The summed E-state index contributed by atoms with van der Waals surface area (Å²) in [6.07, 6.45) is 5.61. The van der Waals surface area contributed by atoms with Crippen LogP contribution < -0.4 is 10.6 Å². The van der Waals surface area contributed by atoms with Gasteiger partial charge < -0.3 is 19.8 Å². The van der Waals surface area contributed by atoms with Gasteiger partial charge in [-0.15, -0.1) is 0 Å². The molecule has 1 heterocycles. The third-order valence-electron chi connectivity index (χ3n) is 3.01. The summed E-state index contributed by atoms with van der Waals surface area (Å²) in [4.78, 5) is 4.61. The van der Waals surface area contributed by atoms with E-state index in [1.807, 2.05) is 23.9 Å². The molecule has 0 unspecified atom stereocenters. The first kappa shape index (κ1) is 19.9. The van der Waals surface area contributed by atoms with Gasteiger partial charge in [-0.2, -0.15) is 11.8 Å². The fraction of sp³-hybridized carbons (Fsp3) is 0.706. The summed E-state index contributed by atoms with van der Waals surface area (Å²) in [6.45, 7) is 8.41. The molecule has 1 aromatic rings. The molecular weight excluding hydrogens is 310 g/mol. The molecule has 0 fully saturated rings. The van der Waals surface area contributed by atoms with Gasteiger partial charge in [0, 0.05) is 45.0 Å². The van der Waals surface area contributed by atoms with Crippen LogP contribution >= 0.6 is 11.8 Å². The second-order valence-corrected chi connectivity index (χ2v) is 6.71. The number of rotatable bonds is 12. The zero-order chi connectivity index (χ0) is 16.8. The Balaban J connectivity index is 2.24. The molecule has 0 saturated carbocycles. The van der Waals surface area contributed by atoms with Gasteiger partial charge in [-0.05, 0) is 30.7 Å². The van der Waals surface area contributed by atoms with Crippen LogP contribution in [0.25, 0.3) is 0 Å². The Hall–Kier alpha value is -1.14. The molecule has 2 N–H and O–H groups in total. The molecule has 0 atom stereocenters. The van der Waals surface area contributed by atoms with E-state index in [2.05, 4.69) is 35.7 Å². The molecule has 0 aliphatic carbocycles. The van der Waals surface area contributed by atoms with Crippen LogP contribution in [0.1, 0.15) is 26.0 Å². The van der Waals surface area contributed by atoms with Crippen LogP contribution in [0.15, 0.2) is 27.8 Å². The lowest BCUT2D eigenvalue weighted by atomic mass is 10.2. The normalized spacial score (nSPS) is 11.9. The molecule has 0 amide bonds. The predicted octanol–water partition coefficient (Wildman–Crippen LogP) is 2.78. The quantitative estimate of drug-likeness (QED) is 0.348. The van der Waals surface area contributed by atoms with Crippen molar-refractivity contribution in [1.82, 2.24) is 10.6 Å². The van der Waals surface area contributed by atoms with Gasteiger partial charge >= 0.3 is 0 Å². The molecular formula is C17H31N3O2S. The summed E-state index contributed by atoms with van der Waals surface area (Å²) >= 11 is 1.82. The van der Waals surface area contributed by atoms with Crippen molar-refractivity contribution in [3.05, 3.63) is 24.2 Å². The minimum Gasteiger partial charge on any atom is -0.469 e. The molecule has 0 spiro atoms. The van der Waals surface area contributed by atoms with Gasteiger partial charge in [-0.25, -0.2) is 0 Å². The fourth-order valence-electron chi connectivity index (χ4n) is 1.88. The summed E-state index contributed by atoms with van der Waals surface area (Å²) in [5.74, 6) is 3.51. The van der Waals surface area contributed by atoms with Gasteiger partial charge in [0.25, 0.3) is 0 Å².